The van der Waals surface area contributed by atoms with Gasteiger partial charge in [0.25, 0.3) is 0 Å². The molecule has 5 heteroatoms. The zero-order valence-corrected chi connectivity index (χ0v) is 13.6. The summed E-state index contributed by atoms with van der Waals surface area (Å²) in [6.07, 6.45) is 3.02. The first kappa shape index (κ1) is 17.7. The normalized spacial score (nSPS) is 19.0. The predicted molar refractivity (Wildman–Crippen MR) is 81.4 cm³/mol. The summed E-state index contributed by atoms with van der Waals surface area (Å²) in [5.74, 6) is 0.0814. The van der Waals surface area contributed by atoms with Crippen LogP contribution in [0.2, 0.25) is 0 Å². The summed E-state index contributed by atoms with van der Waals surface area (Å²) in [7, 11) is 0. The molecule has 0 aromatic heterocycles. The first-order valence-corrected chi connectivity index (χ1v) is 7.92. The van der Waals surface area contributed by atoms with Gasteiger partial charge in [0.2, 0.25) is 17.7 Å². The van der Waals surface area contributed by atoms with Crippen LogP contribution in [-0.4, -0.2) is 35.7 Å². The summed E-state index contributed by atoms with van der Waals surface area (Å²) in [5, 5.41) is 2.74. The lowest BCUT2D eigenvalue weighted by Crippen LogP contribution is -2.41. The number of carbonyl (C=O) groups excluding carboxylic acids is 3. The van der Waals surface area contributed by atoms with Gasteiger partial charge in [-0.1, -0.05) is 40.5 Å². The number of rotatable bonds is 8. The molecule has 5 nitrogen and oxygen atoms in total. The maximum Gasteiger partial charge on any atom is 0.240 e. The highest BCUT2D eigenvalue weighted by Gasteiger charge is 2.38. The smallest absolute Gasteiger partial charge is 0.240 e. The van der Waals surface area contributed by atoms with Crippen molar-refractivity contribution in [2.45, 2.75) is 53.4 Å². The molecule has 1 saturated heterocycles. The number of imide groups is 1. The molecule has 1 heterocycles. The minimum atomic E-state index is -0.256. The molecule has 1 aliphatic rings. The Kier molecular flexibility index (Phi) is 6.85. The molecule has 1 atom stereocenters. The summed E-state index contributed by atoms with van der Waals surface area (Å²) < 4.78 is 0. The molecular weight excluding hydrogens is 268 g/mol. The molecule has 0 aliphatic carbocycles. The number of nitrogens with zero attached hydrogens (tertiary/aromatic N) is 1. The Morgan fingerprint density at radius 1 is 1.24 bits per heavy atom. The van der Waals surface area contributed by atoms with E-state index in [1.165, 1.54) is 0 Å². The fourth-order valence-corrected chi connectivity index (χ4v) is 2.43. The Balaban J connectivity index is 2.43. The number of nitrogens with one attached hydrogen (secondary N) is 1. The molecular formula is C16H28N2O3. The van der Waals surface area contributed by atoms with E-state index in [0.717, 1.165) is 24.2 Å². The lowest BCUT2D eigenvalue weighted by atomic mass is 9.97. The number of amides is 3. The quantitative estimate of drug-likeness (QED) is 0.696. The Bertz CT molecular complexity index is 391. The Labute approximate surface area is 127 Å². The van der Waals surface area contributed by atoms with E-state index in [0.29, 0.717) is 18.4 Å². The average molecular weight is 296 g/mol. The van der Waals surface area contributed by atoms with Gasteiger partial charge in [-0.3, -0.25) is 19.3 Å². The number of likely N-dealkylation sites (tertiary alicyclic amines) is 1. The van der Waals surface area contributed by atoms with Crippen molar-refractivity contribution in [3.63, 3.8) is 0 Å². The molecule has 0 bridgehead atoms. The predicted octanol–water partition coefficient (Wildman–Crippen LogP) is 1.96. The van der Waals surface area contributed by atoms with Gasteiger partial charge < -0.3 is 5.32 Å². The molecule has 120 valence electrons. The third-order valence-electron chi connectivity index (χ3n) is 3.68. The van der Waals surface area contributed by atoms with E-state index in [1.54, 1.807) is 0 Å². The van der Waals surface area contributed by atoms with Crippen LogP contribution in [0, 0.1) is 17.8 Å². The largest absolute Gasteiger partial charge is 0.354 e. The van der Waals surface area contributed by atoms with Crippen LogP contribution < -0.4 is 5.32 Å². The summed E-state index contributed by atoms with van der Waals surface area (Å²) in [4.78, 5) is 36.9. The van der Waals surface area contributed by atoms with Gasteiger partial charge in [-0.2, -0.15) is 0 Å². The van der Waals surface area contributed by atoms with E-state index in [-0.39, 0.29) is 36.6 Å². The minimum Gasteiger partial charge on any atom is -0.354 e. The van der Waals surface area contributed by atoms with E-state index in [2.05, 4.69) is 19.2 Å². The Morgan fingerprint density at radius 3 is 2.48 bits per heavy atom. The molecule has 0 saturated carbocycles. The van der Waals surface area contributed by atoms with Gasteiger partial charge in [-0.15, -0.1) is 0 Å². The van der Waals surface area contributed by atoms with Crippen molar-refractivity contribution in [2.24, 2.45) is 17.8 Å². The van der Waals surface area contributed by atoms with E-state index >= 15 is 0 Å². The van der Waals surface area contributed by atoms with Gasteiger partial charge in [0.15, 0.2) is 0 Å². The summed E-state index contributed by atoms with van der Waals surface area (Å²) in [6, 6.07) is 0. The highest BCUT2D eigenvalue weighted by Crippen LogP contribution is 2.25. The highest BCUT2D eigenvalue weighted by molar-refractivity contribution is 6.05. The van der Waals surface area contributed by atoms with E-state index in [1.807, 2.05) is 13.8 Å². The average Bonchev–Trinajstić information content (AvgIpc) is 2.64. The first-order chi connectivity index (χ1) is 9.81. The molecule has 0 radical (unpaired) electrons. The van der Waals surface area contributed by atoms with Crippen molar-refractivity contribution in [2.75, 3.05) is 13.1 Å². The third-order valence-corrected chi connectivity index (χ3v) is 3.68. The number of hydrogen-bond acceptors (Lipinski definition) is 3. The van der Waals surface area contributed by atoms with Gasteiger partial charge in [-0.05, 0) is 18.3 Å². The SMILES string of the molecule is CC(C)CCCC1CC(=O)N(CC(=O)NCC(C)C)C1=O. The maximum absolute atomic E-state index is 12.2. The fourth-order valence-electron chi connectivity index (χ4n) is 2.43. The van der Waals surface area contributed by atoms with E-state index in [4.69, 9.17) is 0 Å². The van der Waals surface area contributed by atoms with Crippen LogP contribution in [-0.2, 0) is 14.4 Å². The molecule has 3 amide bonds. The van der Waals surface area contributed by atoms with Gasteiger partial charge in [-0.25, -0.2) is 0 Å². The topological polar surface area (TPSA) is 66.5 Å². The lowest BCUT2D eigenvalue weighted by molar-refractivity contribution is -0.143. The fraction of sp³-hybridized carbons (Fsp3) is 0.812. The minimum absolute atomic E-state index is 0.134. The first-order valence-electron chi connectivity index (χ1n) is 7.92. The third kappa shape index (κ3) is 5.86. The van der Waals surface area contributed by atoms with Crippen LogP contribution in [0.3, 0.4) is 0 Å². The Morgan fingerprint density at radius 2 is 1.90 bits per heavy atom. The van der Waals surface area contributed by atoms with Crippen LogP contribution in [0.4, 0.5) is 0 Å². The van der Waals surface area contributed by atoms with Crippen molar-refractivity contribution in [3.8, 4) is 0 Å². The molecule has 21 heavy (non-hydrogen) atoms. The second-order valence-corrected chi connectivity index (χ2v) is 6.74. The number of carbonyl (C=O) groups is 3. The summed E-state index contributed by atoms with van der Waals surface area (Å²) >= 11 is 0. The van der Waals surface area contributed by atoms with Crippen LogP contribution in [0.5, 0.6) is 0 Å². The zero-order chi connectivity index (χ0) is 16.0. The second-order valence-electron chi connectivity index (χ2n) is 6.74. The van der Waals surface area contributed by atoms with Crippen LogP contribution >= 0.6 is 0 Å². The molecule has 0 spiro atoms. The molecule has 1 rings (SSSR count). The van der Waals surface area contributed by atoms with Gasteiger partial charge in [0, 0.05) is 18.9 Å². The highest BCUT2D eigenvalue weighted by atomic mass is 16.2. The van der Waals surface area contributed by atoms with Crippen molar-refractivity contribution in [1.29, 1.82) is 0 Å². The van der Waals surface area contributed by atoms with E-state index < -0.39 is 0 Å². The van der Waals surface area contributed by atoms with Crippen molar-refractivity contribution in [1.82, 2.24) is 10.2 Å². The lowest BCUT2D eigenvalue weighted by Gasteiger charge is -2.15. The van der Waals surface area contributed by atoms with Gasteiger partial charge in [0.1, 0.15) is 6.54 Å². The van der Waals surface area contributed by atoms with Crippen molar-refractivity contribution in [3.05, 3.63) is 0 Å². The number of hydrogen-bond donors (Lipinski definition) is 1. The second kappa shape index (κ2) is 8.15. The van der Waals surface area contributed by atoms with Crippen LogP contribution in [0.1, 0.15) is 53.4 Å². The van der Waals surface area contributed by atoms with Gasteiger partial charge >= 0.3 is 0 Å². The van der Waals surface area contributed by atoms with E-state index in [9.17, 15) is 14.4 Å². The molecule has 1 aliphatic heterocycles. The van der Waals surface area contributed by atoms with Crippen molar-refractivity contribution >= 4 is 17.7 Å². The monoisotopic (exact) mass is 296 g/mol. The Hall–Kier alpha value is -1.39. The maximum atomic E-state index is 12.2. The molecule has 0 aromatic carbocycles. The zero-order valence-electron chi connectivity index (χ0n) is 13.6. The molecule has 0 aromatic rings. The van der Waals surface area contributed by atoms with Crippen molar-refractivity contribution < 1.29 is 14.4 Å². The van der Waals surface area contributed by atoms with Crippen LogP contribution in [0.15, 0.2) is 0 Å². The molecule has 1 fully saturated rings. The molecule has 1 N–H and O–H groups in total. The molecule has 1 unspecified atom stereocenters. The summed E-state index contributed by atoms with van der Waals surface area (Å²) in [6.45, 7) is 8.71. The van der Waals surface area contributed by atoms with Crippen LogP contribution in [0.25, 0.3) is 0 Å². The van der Waals surface area contributed by atoms with Gasteiger partial charge in [0.05, 0.1) is 0 Å². The summed E-state index contributed by atoms with van der Waals surface area (Å²) in [5.41, 5.74) is 0. The standard InChI is InChI=1S/C16H28N2O3/c1-11(2)6-5-7-13-8-15(20)18(16(13)21)10-14(19)17-9-12(3)4/h11-13H,5-10H2,1-4H3,(H,17,19).